The number of nitrogens with zero attached hydrogens (tertiary/aromatic N) is 3. The number of aromatic amines is 1. The number of H-pyrrole nitrogens is 1. The lowest BCUT2D eigenvalue weighted by atomic mass is 10.0. The predicted molar refractivity (Wildman–Crippen MR) is 122 cm³/mol. The highest BCUT2D eigenvalue weighted by Crippen LogP contribution is 2.21. The maximum atomic E-state index is 13.2. The Labute approximate surface area is 180 Å². The van der Waals surface area contributed by atoms with Crippen LogP contribution in [0.2, 0.25) is 0 Å². The lowest BCUT2D eigenvalue weighted by molar-refractivity contribution is 0.0943. The number of fused-ring (bicyclic) bond motifs is 1. The van der Waals surface area contributed by atoms with Gasteiger partial charge in [-0.15, -0.1) is 0 Å². The molecule has 1 unspecified atom stereocenters. The molecule has 8 nitrogen and oxygen atoms in total. The first-order chi connectivity index (χ1) is 14.7. The normalized spacial score (nSPS) is 12.5. The SMILES string of the molecule is CCn1c(=O)[nH]c(=O)c2c(C(=O)NCC(c3ccccc3)N(C)C)cc(C(C)C)nc21. The Balaban J connectivity index is 2.06. The number of benzene rings is 1. The van der Waals surface area contributed by atoms with Crippen molar-refractivity contribution in [3.05, 3.63) is 74.1 Å². The molecule has 31 heavy (non-hydrogen) atoms. The van der Waals surface area contributed by atoms with Crippen LogP contribution < -0.4 is 16.6 Å². The second-order valence-electron chi connectivity index (χ2n) is 8.05. The van der Waals surface area contributed by atoms with Crippen molar-refractivity contribution in [2.45, 2.75) is 39.3 Å². The first kappa shape index (κ1) is 22.4. The molecule has 164 valence electrons. The van der Waals surface area contributed by atoms with E-state index in [1.54, 1.807) is 13.0 Å². The number of aryl methyl sites for hydroxylation is 1. The lowest BCUT2D eigenvalue weighted by Crippen LogP contribution is -2.36. The summed E-state index contributed by atoms with van der Waals surface area (Å²) in [5.74, 6) is -0.349. The number of carbonyl (C=O) groups is 1. The van der Waals surface area contributed by atoms with Crippen LogP contribution >= 0.6 is 0 Å². The fourth-order valence-electron chi connectivity index (χ4n) is 3.62. The first-order valence-corrected chi connectivity index (χ1v) is 10.4. The number of nitrogens with one attached hydrogen (secondary N) is 2. The van der Waals surface area contributed by atoms with Crippen molar-refractivity contribution in [2.24, 2.45) is 0 Å². The zero-order valence-electron chi connectivity index (χ0n) is 18.6. The zero-order valence-corrected chi connectivity index (χ0v) is 18.6. The molecular weight excluding hydrogens is 394 g/mol. The highest BCUT2D eigenvalue weighted by atomic mass is 16.2. The van der Waals surface area contributed by atoms with Crippen LogP contribution in [-0.2, 0) is 6.54 Å². The van der Waals surface area contributed by atoms with Crippen molar-refractivity contribution in [1.29, 1.82) is 0 Å². The van der Waals surface area contributed by atoms with E-state index >= 15 is 0 Å². The van der Waals surface area contributed by atoms with Crippen molar-refractivity contribution < 1.29 is 4.79 Å². The number of aromatic nitrogens is 3. The van der Waals surface area contributed by atoms with E-state index in [-0.39, 0.29) is 34.5 Å². The summed E-state index contributed by atoms with van der Waals surface area (Å²) in [7, 11) is 3.90. The number of likely N-dealkylation sites (N-methyl/N-ethyl adjacent to an activating group) is 1. The van der Waals surface area contributed by atoms with Gasteiger partial charge in [0.2, 0.25) is 0 Å². The van der Waals surface area contributed by atoms with Crippen LogP contribution in [0.3, 0.4) is 0 Å². The van der Waals surface area contributed by atoms with Gasteiger partial charge in [0, 0.05) is 18.8 Å². The molecule has 0 spiro atoms. The Morgan fingerprint density at radius 1 is 1.19 bits per heavy atom. The molecule has 3 aromatic rings. The lowest BCUT2D eigenvalue weighted by Gasteiger charge is -2.25. The maximum absolute atomic E-state index is 13.2. The van der Waals surface area contributed by atoms with Crippen molar-refractivity contribution >= 4 is 16.9 Å². The number of carbonyl (C=O) groups excluding carboxylic acids is 1. The number of hydrogen-bond donors (Lipinski definition) is 2. The summed E-state index contributed by atoms with van der Waals surface area (Å²) in [5, 5.41) is 3.10. The van der Waals surface area contributed by atoms with E-state index in [1.165, 1.54) is 4.57 Å². The topological polar surface area (TPSA) is 100 Å². The summed E-state index contributed by atoms with van der Waals surface area (Å²) in [5.41, 5.74) is 1.05. The third-order valence-electron chi connectivity index (χ3n) is 5.38. The molecule has 1 amide bonds. The first-order valence-electron chi connectivity index (χ1n) is 10.4. The molecular formula is C23H29N5O3. The Morgan fingerprint density at radius 2 is 1.87 bits per heavy atom. The Morgan fingerprint density at radius 3 is 2.45 bits per heavy atom. The minimum absolute atomic E-state index is 0.0227. The molecule has 0 fully saturated rings. The van der Waals surface area contributed by atoms with Crippen LogP contribution in [0.25, 0.3) is 11.0 Å². The van der Waals surface area contributed by atoms with Gasteiger partial charge in [0.05, 0.1) is 17.0 Å². The fraction of sp³-hybridized carbons (Fsp3) is 0.391. The monoisotopic (exact) mass is 423 g/mol. The van der Waals surface area contributed by atoms with E-state index in [9.17, 15) is 14.4 Å². The van der Waals surface area contributed by atoms with Crippen LogP contribution in [-0.4, -0.2) is 46.0 Å². The molecule has 0 aliphatic carbocycles. The van der Waals surface area contributed by atoms with Crippen LogP contribution in [0.1, 0.15) is 54.3 Å². The second-order valence-corrected chi connectivity index (χ2v) is 8.05. The van der Waals surface area contributed by atoms with E-state index in [4.69, 9.17) is 0 Å². The molecule has 0 saturated carbocycles. The minimum Gasteiger partial charge on any atom is -0.350 e. The Hall–Kier alpha value is -3.26. The predicted octanol–water partition coefficient (Wildman–Crippen LogP) is 2.26. The maximum Gasteiger partial charge on any atom is 0.329 e. The van der Waals surface area contributed by atoms with E-state index < -0.39 is 11.2 Å². The van der Waals surface area contributed by atoms with E-state index in [0.717, 1.165) is 5.56 Å². The van der Waals surface area contributed by atoms with Crippen LogP contribution in [0.5, 0.6) is 0 Å². The van der Waals surface area contributed by atoms with Crippen molar-refractivity contribution in [1.82, 2.24) is 24.8 Å². The summed E-state index contributed by atoms with van der Waals surface area (Å²) in [6.45, 7) is 6.40. The van der Waals surface area contributed by atoms with Gasteiger partial charge in [-0.2, -0.15) is 0 Å². The van der Waals surface area contributed by atoms with Crippen LogP contribution in [0.4, 0.5) is 0 Å². The van der Waals surface area contributed by atoms with Gasteiger partial charge in [-0.1, -0.05) is 44.2 Å². The minimum atomic E-state index is -0.607. The van der Waals surface area contributed by atoms with Crippen LogP contribution in [0.15, 0.2) is 46.0 Å². The van der Waals surface area contributed by atoms with Crippen LogP contribution in [0, 0.1) is 0 Å². The molecule has 0 aliphatic heterocycles. The number of amides is 1. The molecule has 8 heteroatoms. The quantitative estimate of drug-likeness (QED) is 0.607. The Kier molecular flexibility index (Phi) is 6.70. The van der Waals surface area contributed by atoms with E-state index in [2.05, 4.69) is 15.3 Å². The molecule has 0 aliphatic rings. The van der Waals surface area contributed by atoms with Gasteiger partial charge in [-0.05, 0) is 38.6 Å². The van der Waals surface area contributed by atoms with E-state index in [0.29, 0.717) is 18.8 Å². The van der Waals surface area contributed by atoms with E-state index in [1.807, 2.05) is 63.2 Å². The molecule has 0 saturated heterocycles. The third kappa shape index (κ3) is 4.59. The molecule has 2 heterocycles. The van der Waals surface area contributed by atoms with Crippen molar-refractivity contribution in [2.75, 3.05) is 20.6 Å². The van der Waals surface area contributed by atoms with Gasteiger partial charge in [-0.3, -0.25) is 19.1 Å². The molecule has 2 N–H and O–H groups in total. The summed E-state index contributed by atoms with van der Waals surface area (Å²) < 4.78 is 1.38. The molecule has 0 bridgehead atoms. The second kappa shape index (κ2) is 9.26. The number of hydrogen-bond acceptors (Lipinski definition) is 5. The summed E-state index contributed by atoms with van der Waals surface area (Å²) >= 11 is 0. The standard InChI is InChI=1S/C23H29N5O3/c1-6-28-20-19(22(30)26-23(28)31)16(12-17(25-20)14(2)3)21(29)24-13-18(27(4)5)15-10-8-7-9-11-15/h7-12,14,18H,6,13H2,1-5H3,(H,24,29)(H,26,30,31). The Bertz CT molecular complexity index is 1200. The smallest absolute Gasteiger partial charge is 0.329 e. The molecule has 3 rings (SSSR count). The van der Waals surface area contributed by atoms with Gasteiger partial charge in [0.15, 0.2) is 5.65 Å². The van der Waals surface area contributed by atoms with Gasteiger partial charge in [0.1, 0.15) is 0 Å². The molecule has 1 aromatic carbocycles. The highest BCUT2D eigenvalue weighted by molar-refractivity contribution is 6.05. The largest absolute Gasteiger partial charge is 0.350 e. The van der Waals surface area contributed by atoms with Gasteiger partial charge in [-0.25, -0.2) is 9.78 Å². The highest BCUT2D eigenvalue weighted by Gasteiger charge is 2.22. The van der Waals surface area contributed by atoms with Crippen molar-refractivity contribution in [3.63, 3.8) is 0 Å². The van der Waals surface area contributed by atoms with Gasteiger partial charge in [0.25, 0.3) is 11.5 Å². The summed E-state index contributed by atoms with van der Waals surface area (Å²) in [4.78, 5) is 47.0. The molecule has 0 radical (unpaired) electrons. The fourth-order valence-corrected chi connectivity index (χ4v) is 3.62. The van der Waals surface area contributed by atoms with Crippen molar-refractivity contribution in [3.8, 4) is 0 Å². The summed E-state index contributed by atoms with van der Waals surface area (Å²) in [6.07, 6.45) is 0. The number of pyridine rings is 1. The summed E-state index contributed by atoms with van der Waals surface area (Å²) in [6, 6.07) is 11.5. The van der Waals surface area contributed by atoms with Gasteiger partial charge >= 0.3 is 5.69 Å². The average molecular weight is 424 g/mol. The third-order valence-corrected chi connectivity index (χ3v) is 5.38. The molecule has 2 aromatic heterocycles. The average Bonchev–Trinajstić information content (AvgIpc) is 2.73. The van der Waals surface area contributed by atoms with Gasteiger partial charge < -0.3 is 10.2 Å². The zero-order chi connectivity index (χ0) is 22.7. The molecule has 1 atom stereocenters. The number of rotatable bonds is 7.